The van der Waals surface area contributed by atoms with E-state index in [0.717, 1.165) is 21.8 Å². The van der Waals surface area contributed by atoms with Crippen molar-refractivity contribution >= 4 is 17.2 Å². The number of benzene rings is 1. The fourth-order valence-electron chi connectivity index (χ4n) is 3.13. The number of nitrogens with zero attached hydrogens (tertiary/aromatic N) is 5. The molecule has 1 amide bonds. The van der Waals surface area contributed by atoms with Crippen molar-refractivity contribution in [1.82, 2.24) is 24.6 Å². The van der Waals surface area contributed by atoms with Crippen LogP contribution in [0.4, 0.5) is 0 Å². The van der Waals surface area contributed by atoms with Gasteiger partial charge in [-0.2, -0.15) is 5.10 Å². The van der Waals surface area contributed by atoms with Gasteiger partial charge in [0.2, 0.25) is 0 Å². The van der Waals surface area contributed by atoms with Crippen LogP contribution in [0.5, 0.6) is 0 Å². The molecule has 6 nitrogen and oxygen atoms in total. The van der Waals surface area contributed by atoms with Crippen molar-refractivity contribution in [3.8, 4) is 10.6 Å². The van der Waals surface area contributed by atoms with Crippen LogP contribution in [-0.4, -0.2) is 30.6 Å². The van der Waals surface area contributed by atoms with E-state index in [4.69, 9.17) is 0 Å². The number of carbonyl (C=O) groups excluding carboxylic acids is 1. The Labute approximate surface area is 173 Å². The quantitative estimate of drug-likeness (QED) is 0.480. The molecule has 0 saturated heterocycles. The Kier molecular flexibility index (Phi) is 5.48. The topological polar surface area (TPSA) is 63.9 Å². The van der Waals surface area contributed by atoms with Crippen molar-refractivity contribution in [2.45, 2.75) is 19.5 Å². The summed E-state index contributed by atoms with van der Waals surface area (Å²) in [7, 11) is 1.86. The summed E-state index contributed by atoms with van der Waals surface area (Å²) < 4.78 is 1.73. The van der Waals surface area contributed by atoms with Gasteiger partial charge in [0.25, 0.3) is 5.91 Å². The molecule has 146 valence electrons. The molecule has 0 spiro atoms. The summed E-state index contributed by atoms with van der Waals surface area (Å²) >= 11 is 1.38. The number of hydrogen-bond donors (Lipinski definition) is 0. The highest BCUT2D eigenvalue weighted by Crippen LogP contribution is 2.29. The maximum absolute atomic E-state index is 13.5. The van der Waals surface area contributed by atoms with Crippen molar-refractivity contribution in [3.05, 3.63) is 89.5 Å². The summed E-state index contributed by atoms with van der Waals surface area (Å²) in [6, 6.07) is 15.6. The van der Waals surface area contributed by atoms with Gasteiger partial charge in [0.05, 0.1) is 24.1 Å². The molecule has 0 aliphatic heterocycles. The van der Waals surface area contributed by atoms with Crippen LogP contribution < -0.4 is 0 Å². The Morgan fingerprint density at radius 2 is 1.90 bits per heavy atom. The highest BCUT2D eigenvalue weighted by molar-refractivity contribution is 7.16. The highest BCUT2D eigenvalue weighted by Gasteiger charge is 2.26. The fraction of sp³-hybridized carbons (Fsp3) is 0.182. The molecule has 4 aromatic rings. The molecular weight excluding hydrogens is 382 g/mol. The summed E-state index contributed by atoms with van der Waals surface area (Å²) in [4.78, 5) is 24.8. The van der Waals surface area contributed by atoms with Gasteiger partial charge >= 0.3 is 0 Å². The number of aryl methyl sites for hydroxylation is 1. The zero-order chi connectivity index (χ0) is 20.2. The molecule has 29 heavy (non-hydrogen) atoms. The lowest BCUT2D eigenvalue weighted by Gasteiger charge is -2.28. The Morgan fingerprint density at radius 3 is 2.59 bits per heavy atom. The van der Waals surface area contributed by atoms with Crippen LogP contribution in [0.1, 0.15) is 33.9 Å². The second kappa shape index (κ2) is 8.36. The molecule has 0 fully saturated rings. The van der Waals surface area contributed by atoms with Crippen LogP contribution in [0, 0.1) is 0 Å². The van der Waals surface area contributed by atoms with Crippen LogP contribution in [0.2, 0.25) is 0 Å². The standard InChI is InChI=1S/C22H21N5OS/c1-16(19-10-6-7-11-23-19)27(14-17-8-4-3-5-9-17)22(28)20-13-24-21(29-20)18-12-25-26(2)15-18/h3-13,15-16H,14H2,1-2H3. The first-order valence-electron chi connectivity index (χ1n) is 9.32. The maximum Gasteiger partial charge on any atom is 0.266 e. The first kappa shape index (κ1) is 19.0. The monoisotopic (exact) mass is 403 g/mol. The van der Waals surface area contributed by atoms with E-state index in [2.05, 4.69) is 15.1 Å². The third-order valence-corrected chi connectivity index (χ3v) is 5.74. The van der Waals surface area contributed by atoms with Crippen LogP contribution in [0.3, 0.4) is 0 Å². The summed E-state index contributed by atoms with van der Waals surface area (Å²) in [5.41, 5.74) is 2.83. The second-order valence-corrected chi connectivity index (χ2v) is 7.81. The molecule has 1 atom stereocenters. The molecule has 3 aromatic heterocycles. The van der Waals surface area contributed by atoms with Gasteiger partial charge in [-0.3, -0.25) is 14.5 Å². The molecule has 1 aromatic carbocycles. The Bertz CT molecular complexity index is 1090. The molecule has 7 heteroatoms. The Morgan fingerprint density at radius 1 is 1.10 bits per heavy atom. The van der Waals surface area contributed by atoms with E-state index >= 15 is 0 Å². The third-order valence-electron chi connectivity index (χ3n) is 4.71. The van der Waals surface area contributed by atoms with E-state index < -0.39 is 0 Å². The number of amides is 1. The number of hydrogen-bond acceptors (Lipinski definition) is 5. The molecule has 0 bridgehead atoms. The first-order chi connectivity index (χ1) is 14.1. The Balaban J connectivity index is 1.65. The van der Waals surface area contributed by atoms with Crippen LogP contribution >= 0.6 is 11.3 Å². The normalized spacial score (nSPS) is 11.9. The molecule has 1 unspecified atom stereocenters. The average Bonchev–Trinajstić information content (AvgIpc) is 3.42. The van der Waals surface area contributed by atoms with Crippen LogP contribution in [0.25, 0.3) is 10.6 Å². The lowest BCUT2D eigenvalue weighted by molar-refractivity contribution is 0.0675. The largest absolute Gasteiger partial charge is 0.325 e. The lowest BCUT2D eigenvalue weighted by atomic mass is 10.1. The predicted octanol–water partition coefficient (Wildman–Crippen LogP) is 4.34. The number of thiazole rings is 1. The molecule has 0 radical (unpaired) electrons. The van der Waals surface area contributed by atoms with Gasteiger partial charge in [-0.1, -0.05) is 36.4 Å². The predicted molar refractivity (Wildman–Crippen MR) is 113 cm³/mol. The Hall–Kier alpha value is -3.32. The van der Waals surface area contributed by atoms with E-state index in [9.17, 15) is 4.79 Å². The summed E-state index contributed by atoms with van der Waals surface area (Å²) in [5.74, 6) is -0.0559. The summed E-state index contributed by atoms with van der Waals surface area (Å²) in [5, 5.41) is 4.97. The van der Waals surface area contributed by atoms with Crippen molar-refractivity contribution in [3.63, 3.8) is 0 Å². The number of pyridine rings is 1. The fourth-order valence-corrected chi connectivity index (χ4v) is 3.97. The van der Waals surface area contributed by atoms with Gasteiger partial charge in [0, 0.05) is 31.5 Å². The average molecular weight is 404 g/mol. The van der Waals surface area contributed by atoms with E-state index in [0.29, 0.717) is 11.4 Å². The second-order valence-electron chi connectivity index (χ2n) is 6.78. The van der Waals surface area contributed by atoms with Gasteiger partial charge in [0.15, 0.2) is 0 Å². The van der Waals surface area contributed by atoms with Crippen LogP contribution in [0.15, 0.2) is 73.3 Å². The SMILES string of the molecule is CC(c1ccccn1)N(Cc1ccccc1)C(=O)c1cnc(-c2cnn(C)c2)s1. The smallest absolute Gasteiger partial charge is 0.266 e. The van der Waals surface area contributed by atoms with Gasteiger partial charge in [-0.25, -0.2) is 4.98 Å². The number of rotatable bonds is 6. The van der Waals surface area contributed by atoms with Gasteiger partial charge in [0.1, 0.15) is 9.88 Å². The van der Waals surface area contributed by atoms with Gasteiger partial charge < -0.3 is 4.90 Å². The van der Waals surface area contributed by atoms with Gasteiger partial charge in [-0.05, 0) is 24.6 Å². The van der Waals surface area contributed by atoms with Gasteiger partial charge in [-0.15, -0.1) is 11.3 Å². The molecule has 0 aliphatic carbocycles. The molecule has 4 rings (SSSR count). The van der Waals surface area contributed by atoms with E-state index in [1.54, 1.807) is 23.3 Å². The van der Waals surface area contributed by atoms with E-state index in [-0.39, 0.29) is 11.9 Å². The molecule has 0 aliphatic rings. The minimum Gasteiger partial charge on any atom is -0.325 e. The van der Waals surface area contributed by atoms with Crippen molar-refractivity contribution in [2.24, 2.45) is 7.05 Å². The van der Waals surface area contributed by atoms with E-state index in [1.807, 2.05) is 73.6 Å². The number of carbonyl (C=O) groups is 1. The van der Waals surface area contributed by atoms with Crippen molar-refractivity contribution in [2.75, 3.05) is 0 Å². The molecule has 3 heterocycles. The molecule has 0 saturated carbocycles. The summed E-state index contributed by atoms with van der Waals surface area (Å²) in [6.45, 7) is 2.50. The first-order valence-corrected chi connectivity index (χ1v) is 10.1. The maximum atomic E-state index is 13.5. The van der Waals surface area contributed by atoms with Crippen LogP contribution in [-0.2, 0) is 13.6 Å². The van der Waals surface area contributed by atoms with E-state index in [1.165, 1.54) is 11.3 Å². The third kappa shape index (κ3) is 4.25. The molecular formula is C22H21N5OS. The minimum atomic E-state index is -0.173. The minimum absolute atomic E-state index is 0.0559. The summed E-state index contributed by atoms with van der Waals surface area (Å²) in [6.07, 6.45) is 7.05. The molecule has 0 N–H and O–H groups in total. The highest BCUT2D eigenvalue weighted by atomic mass is 32.1. The zero-order valence-corrected chi connectivity index (χ0v) is 17.1. The zero-order valence-electron chi connectivity index (χ0n) is 16.3. The van der Waals surface area contributed by atoms with Crippen molar-refractivity contribution < 1.29 is 4.79 Å². The van der Waals surface area contributed by atoms with Crippen molar-refractivity contribution in [1.29, 1.82) is 0 Å². The number of aromatic nitrogens is 4. The lowest BCUT2D eigenvalue weighted by Crippen LogP contribution is -2.33.